The third-order valence-electron chi connectivity index (χ3n) is 2.60. The van der Waals surface area contributed by atoms with Crippen LogP contribution in [0.25, 0.3) is 0 Å². The fraction of sp³-hybridized carbons (Fsp3) is 0.154. The molecule has 2 rings (SSSR count). The molecule has 7 heteroatoms. The average Bonchev–Trinajstić information content (AvgIpc) is 2.42. The number of aryl methyl sites for hydroxylation is 1. The zero-order chi connectivity index (χ0) is 14.7. The summed E-state index contributed by atoms with van der Waals surface area (Å²) in [5.74, 6) is 0.387. The quantitative estimate of drug-likeness (QED) is 0.682. The van der Waals surface area contributed by atoms with Gasteiger partial charge >= 0.3 is 5.69 Å². The van der Waals surface area contributed by atoms with Gasteiger partial charge in [0.2, 0.25) is 11.6 Å². The van der Waals surface area contributed by atoms with Gasteiger partial charge in [0.15, 0.2) is 0 Å². The Morgan fingerprint density at radius 2 is 2.20 bits per heavy atom. The van der Waals surface area contributed by atoms with Crippen LogP contribution in [0.1, 0.15) is 11.1 Å². The predicted octanol–water partition coefficient (Wildman–Crippen LogP) is 3.35. The number of rotatable bonds is 4. The zero-order valence-electron chi connectivity index (χ0n) is 10.5. The SMILES string of the molecule is Cc1cc(Br)cc([N+](=O)[O-])c1Oc1ccc(CO)cn1. The molecule has 0 aliphatic rings. The van der Waals surface area contributed by atoms with E-state index in [-0.39, 0.29) is 23.9 Å². The molecule has 0 amide bonds. The normalized spacial score (nSPS) is 10.3. The maximum atomic E-state index is 11.1. The van der Waals surface area contributed by atoms with Gasteiger partial charge in [0.25, 0.3) is 0 Å². The van der Waals surface area contributed by atoms with Crippen LogP contribution in [0.3, 0.4) is 0 Å². The minimum absolute atomic E-state index is 0.120. The molecule has 0 saturated carbocycles. The first-order valence-electron chi connectivity index (χ1n) is 5.69. The summed E-state index contributed by atoms with van der Waals surface area (Å²) in [4.78, 5) is 14.6. The third kappa shape index (κ3) is 3.12. The van der Waals surface area contributed by atoms with E-state index in [0.717, 1.165) is 0 Å². The fourth-order valence-corrected chi connectivity index (χ4v) is 2.21. The van der Waals surface area contributed by atoms with Crippen LogP contribution >= 0.6 is 15.9 Å². The Morgan fingerprint density at radius 1 is 1.45 bits per heavy atom. The van der Waals surface area contributed by atoms with Gasteiger partial charge in [-0.25, -0.2) is 4.98 Å². The van der Waals surface area contributed by atoms with Crippen LogP contribution in [0, 0.1) is 17.0 Å². The van der Waals surface area contributed by atoms with Gasteiger partial charge in [-0.1, -0.05) is 15.9 Å². The highest BCUT2D eigenvalue weighted by atomic mass is 79.9. The second-order valence-corrected chi connectivity index (χ2v) is 5.01. The van der Waals surface area contributed by atoms with Crippen LogP contribution in [0.4, 0.5) is 5.69 Å². The molecule has 0 saturated heterocycles. The summed E-state index contributed by atoms with van der Waals surface area (Å²) in [7, 11) is 0. The van der Waals surface area contributed by atoms with Crippen molar-refractivity contribution >= 4 is 21.6 Å². The number of aliphatic hydroxyl groups is 1. The number of hydrogen-bond acceptors (Lipinski definition) is 5. The predicted molar refractivity (Wildman–Crippen MR) is 75.8 cm³/mol. The molecule has 1 aromatic carbocycles. The molecule has 1 N–H and O–H groups in total. The van der Waals surface area contributed by atoms with Crippen molar-refractivity contribution < 1.29 is 14.8 Å². The van der Waals surface area contributed by atoms with Crippen LogP contribution in [0.2, 0.25) is 0 Å². The van der Waals surface area contributed by atoms with E-state index < -0.39 is 4.92 Å². The summed E-state index contributed by atoms with van der Waals surface area (Å²) in [6, 6.07) is 6.30. The Balaban J connectivity index is 2.39. The lowest BCUT2D eigenvalue weighted by Gasteiger charge is -2.09. The van der Waals surface area contributed by atoms with E-state index in [4.69, 9.17) is 9.84 Å². The number of aromatic nitrogens is 1. The first-order chi connectivity index (χ1) is 9.51. The highest BCUT2D eigenvalue weighted by Crippen LogP contribution is 2.36. The summed E-state index contributed by atoms with van der Waals surface area (Å²) in [5.41, 5.74) is 1.13. The van der Waals surface area contributed by atoms with Gasteiger partial charge in [-0.05, 0) is 24.6 Å². The number of hydrogen-bond donors (Lipinski definition) is 1. The zero-order valence-corrected chi connectivity index (χ0v) is 12.1. The minimum Gasteiger partial charge on any atom is -0.432 e. The number of nitrogens with zero attached hydrogens (tertiary/aromatic N) is 2. The van der Waals surface area contributed by atoms with Crippen molar-refractivity contribution in [3.05, 3.63) is 56.2 Å². The number of halogens is 1. The van der Waals surface area contributed by atoms with Crippen molar-refractivity contribution in [2.75, 3.05) is 0 Å². The van der Waals surface area contributed by atoms with Gasteiger partial charge in [-0.2, -0.15) is 0 Å². The van der Waals surface area contributed by atoms with Crippen molar-refractivity contribution in [3.63, 3.8) is 0 Å². The molecule has 1 aromatic heterocycles. The van der Waals surface area contributed by atoms with Gasteiger partial charge < -0.3 is 9.84 Å². The van der Waals surface area contributed by atoms with E-state index in [9.17, 15) is 10.1 Å². The molecule has 104 valence electrons. The summed E-state index contributed by atoms with van der Waals surface area (Å²) in [6.07, 6.45) is 1.45. The molecule has 0 aliphatic carbocycles. The van der Waals surface area contributed by atoms with Gasteiger partial charge in [0.1, 0.15) is 0 Å². The Morgan fingerprint density at radius 3 is 2.75 bits per heavy atom. The largest absolute Gasteiger partial charge is 0.432 e. The lowest BCUT2D eigenvalue weighted by Crippen LogP contribution is -1.97. The van der Waals surface area contributed by atoms with Crippen LogP contribution in [0.15, 0.2) is 34.9 Å². The molecule has 0 bridgehead atoms. The molecule has 0 atom stereocenters. The first kappa shape index (κ1) is 14.4. The molecule has 0 radical (unpaired) electrons. The minimum atomic E-state index is -0.505. The van der Waals surface area contributed by atoms with E-state index in [1.54, 1.807) is 25.1 Å². The first-order valence-corrected chi connectivity index (χ1v) is 6.48. The van der Waals surface area contributed by atoms with Crippen LogP contribution < -0.4 is 4.74 Å². The van der Waals surface area contributed by atoms with Crippen molar-refractivity contribution in [3.8, 4) is 11.6 Å². The number of aliphatic hydroxyl groups excluding tert-OH is 1. The van der Waals surface area contributed by atoms with Crippen molar-refractivity contribution in [1.82, 2.24) is 4.98 Å². The van der Waals surface area contributed by atoms with Gasteiger partial charge in [-0.3, -0.25) is 10.1 Å². The molecule has 0 spiro atoms. The highest BCUT2D eigenvalue weighted by molar-refractivity contribution is 9.10. The number of nitro benzene ring substituents is 1. The molecule has 1 heterocycles. The monoisotopic (exact) mass is 338 g/mol. The maximum absolute atomic E-state index is 11.1. The molecule has 0 unspecified atom stereocenters. The van der Waals surface area contributed by atoms with Crippen LogP contribution in [-0.2, 0) is 6.61 Å². The van der Waals surface area contributed by atoms with E-state index >= 15 is 0 Å². The van der Waals surface area contributed by atoms with Crippen molar-refractivity contribution in [2.45, 2.75) is 13.5 Å². The number of nitro groups is 1. The molecular weight excluding hydrogens is 328 g/mol. The van der Waals surface area contributed by atoms with Crippen LogP contribution in [-0.4, -0.2) is 15.0 Å². The number of pyridine rings is 1. The molecule has 6 nitrogen and oxygen atoms in total. The smallest absolute Gasteiger partial charge is 0.313 e. The Bertz CT molecular complexity index is 644. The standard InChI is InChI=1S/C13H11BrN2O4/c1-8-4-10(14)5-11(16(18)19)13(8)20-12-3-2-9(7-17)6-15-12/h2-6,17H,7H2,1H3. The molecule has 20 heavy (non-hydrogen) atoms. The fourth-order valence-electron chi connectivity index (χ4n) is 1.65. The summed E-state index contributed by atoms with van der Waals surface area (Å²) in [6.45, 7) is 1.60. The van der Waals surface area contributed by atoms with Gasteiger partial charge in [0.05, 0.1) is 11.5 Å². The summed E-state index contributed by atoms with van der Waals surface area (Å²) < 4.78 is 6.11. The molecular formula is C13H11BrN2O4. The lowest BCUT2D eigenvalue weighted by molar-refractivity contribution is -0.385. The average molecular weight is 339 g/mol. The third-order valence-corrected chi connectivity index (χ3v) is 3.06. The number of ether oxygens (including phenoxy) is 1. The molecule has 0 fully saturated rings. The Labute approximate surface area is 123 Å². The van der Waals surface area contributed by atoms with E-state index in [1.165, 1.54) is 12.3 Å². The van der Waals surface area contributed by atoms with Gasteiger partial charge in [-0.15, -0.1) is 0 Å². The summed E-state index contributed by atoms with van der Waals surface area (Å²) >= 11 is 3.22. The summed E-state index contributed by atoms with van der Waals surface area (Å²) in [5, 5.41) is 20.0. The second-order valence-electron chi connectivity index (χ2n) is 4.09. The van der Waals surface area contributed by atoms with Crippen molar-refractivity contribution in [2.24, 2.45) is 0 Å². The molecule has 0 aliphatic heterocycles. The van der Waals surface area contributed by atoms with Crippen LogP contribution in [0.5, 0.6) is 11.6 Å². The molecule has 2 aromatic rings. The second kappa shape index (κ2) is 5.98. The number of benzene rings is 1. The Hall–Kier alpha value is -1.99. The van der Waals surface area contributed by atoms with Crippen molar-refractivity contribution in [1.29, 1.82) is 0 Å². The van der Waals surface area contributed by atoms with E-state index in [0.29, 0.717) is 15.6 Å². The van der Waals surface area contributed by atoms with E-state index in [1.807, 2.05) is 0 Å². The Kier molecular flexibility index (Phi) is 4.31. The lowest BCUT2D eigenvalue weighted by atomic mass is 10.2. The van der Waals surface area contributed by atoms with Gasteiger partial charge in [0, 0.05) is 28.4 Å². The topological polar surface area (TPSA) is 85.5 Å². The van der Waals surface area contributed by atoms with E-state index in [2.05, 4.69) is 20.9 Å². The maximum Gasteiger partial charge on any atom is 0.313 e. The highest BCUT2D eigenvalue weighted by Gasteiger charge is 2.20.